The summed E-state index contributed by atoms with van der Waals surface area (Å²) in [7, 11) is -2.48. The Morgan fingerprint density at radius 2 is 1.76 bits per heavy atom. The summed E-state index contributed by atoms with van der Waals surface area (Å²) in [5.74, 6) is -0.162. The molecule has 1 N–H and O–H groups in total. The van der Waals surface area contributed by atoms with E-state index in [1.807, 2.05) is 13.0 Å². The van der Waals surface area contributed by atoms with Crippen molar-refractivity contribution in [2.24, 2.45) is 5.92 Å². The number of amides is 2. The van der Waals surface area contributed by atoms with Crippen LogP contribution in [0, 0.1) is 5.92 Å². The Bertz CT molecular complexity index is 1390. The SMILES string of the molecule is CCOc1ccc(N2CC(C(=O)Nc3cc(S(=O)(=O)N(CC)c4ccccc4)ccc3OC)CC2=O)cc1. The van der Waals surface area contributed by atoms with Crippen LogP contribution in [-0.4, -0.2) is 47.0 Å². The number of anilines is 3. The average molecular weight is 538 g/mol. The number of para-hydroxylation sites is 1. The van der Waals surface area contributed by atoms with Gasteiger partial charge in [-0.1, -0.05) is 18.2 Å². The van der Waals surface area contributed by atoms with Crippen molar-refractivity contribution in [3.8, 4) is 11.5 Å². The van der Waals surface area contributed by atoms with E-state index in [0.717, 1.165) is 0 Å². The van der Waals surface area contributed by atoms with Gasteiger partial charge in [-0.15, -0.1) is 0 Å². The monoisotopic (exact) mass is 537 g/mol. The summed E-state index contributed by atoms with van der Waals surface area (Å²) in [6.07, 6.45) is 0.0387. The quantitative estimate of drug-likeness (QED) is 0.414. The summed E-state index contributed by atoms with van der Waals surface area (Å²) in [4.78, 5) is 27.5. The van der Waals surface area contributed by atoms with Gasteiger partial charge in [0.05, 0.1) is 35.9 Å². The number of rotatable bonds is 10. The lowest BCUT2D eigenvalue weighted by Gasteiger charge is -2.23. The van der Waals surface area contributed by atoms with Crippen LogP contribution in [0.4, 0.5) is 17.1 Å². The Labute approximate surface area is 223 Å². The maximum absolute atomic E-state index is 13.5. The van der Waals surface area contributed by atoms with Gasteiger partial charge in [-0.2, -0.15) is 0 Å². The van der Waals surface area contributed by atoms with E-state index in [2.05, 4.69) is 5.32 Å². The molecule has 1 saturated heterocycles. The molecule has 10 heteroatoms. The number of hydrogen-bond donors (Lipinski definition) is 1. The van der Waals surface area contributed by atoms with Gasteiger partial charge in [0.15, 0.2) is 0 Å². The highest BCUT2D eigenvalue weighted by Gasteiger charge is 2.35. The number of methoxy groups -OCH3 is 1. The van der Waals surface area contributed by atoms with Gasteiger partial charge in [-0.3, -0.25) is 13.9 Å². The van der Waals surface area contributed by atoms with Crippen LogP contribution in [0.15, 0.2) is 77.7 Å². The molecule has 4 rings (SSSR count). The van der Waals surface area contributed by atoms with Crippen molar-refractivity contribution in [3.05, 3.63) is 72.8 Å². The van der Waals surface area contributed by atoms with Crippen molar-refractivity contribution in [2.75, 3.05) is 41.3 Å². The molecule has 0 aliphatic carbocycles. The zero-order valence-corrected chi connectivity index (χ0v) is 22.4. The molecule has 200 valence electrons. The van der Waals surface area contributed by atoms with Gasteiger partial charge in [-0.05, 0) is 68.4 Å². The van der Waals surface area contributed by atoms with Crippen molar-refractivity contribution >= 4 is 38.9 Å². The van der Waals surface area contributed by atoms with Crippen LogP contribution >= 0.6 is 0 Å². The fourth-order valence-corrected chi connectivity index (χ4v) is 5.91. The first-order valence-electron chi connectivity index (χ1n) is 12.4. The highest BCUT2D eigenvalue weighted by Crippen LogP contribution is 2.33. The molecule has 0 radical (unpaired) electrons. The number of nitrogens with one attached hydrogen (secondary N) is 1. The third kappa shape index (κ3) is 5.60. The standard InChI is InChI=1S/C28H31N3O6S/c1-4-31(22-9-7-6-8-10-22)38(34,35)24-15-16-26(36-3)25(18-24)29-28(33)20-17-27(32)30(19-20)21-11-13-23(14-12-21)37-5-2/h6-16,18,20H,4-5,17,19H2,1-3H3,(H,29,33). The Balaban J connectivity index is 1.54. The van der Waals surface area contributed by atoms with Crippen molar-refractivity contribution in [3.63, 3.8) is 0 Å². The van der Waals surface area contributed by atoms with Crippen LogP contribution < -0.4 is 24.0 Å². The van der Waals surface area contributed by atoms with Crippen molar-refractivity contribution in [2.45, 2.75) is 25.2 Å². The highest BCUT2D eigenvalue weighted by atomic mass is 32.2. The lowest BCUT2D eigenvalue weighted by Crippen LogP contribution is -2.31. The maximum Gasteiger partial charge on any atom is 0.264 e. The molecule has 0 saturated carbocycles. The first-order chi connectivity index (χ1) is 18.3. The predicted molar refractivity (Wildman–Crippen MR) is 146 cm³/mol. The molecule has 2 amide bonds. The van der Waals surface area contributed by atoms with Gasteiger partial charge in [0.2, 0.25) is 11.8 Å². The fraction of sp³-hybridized carbons (Fsp3) is 0.286. The molecule has 3 aromatic rings. The van der Waals surface area contributed by atoms with E-state index in [0.29, 0.717) is 29.5 Å². The lowest BCUT2D eigenvalue weighted by atomic mass is 10.1. The second kappa shape index (κ2) is 11.6. The number of ether oxygens (including phenoxy) is 2. The molecular weight excluding hydrogens is 506 g/mol. The van der Waals surface area contributed by atoms with E-state index in [9.17, 15) is 18.0 Å². The molecule has 1 atom stereocenters. The zero-order valence-electron chi connectivity index (χ0n) is 21.6. The smallest absolute Gasteiger partial charge is 0.264 e. The normalized spacial score (nSPS) is 15.3. The van der Waals surface area contributed by atoms with Crippen LogP contribution in [-0.2, 0) is 19.6 Å². The fourth-order valence-electron chi connectivity index (χ4n) is 4.41. The molecule has 1 fully saturated rings. The third-order valence-electron chi connectivity index (χ3n) is 6.30. The largest absolute Gasteiger partial charge is 0.495 e. The summed E-state index contributed by atoms with van der Waals surface area (Å²) in [6, 6.07) is 20.3. The van der Waals surface area contributed by atoms with Crippen molar-refractivity contribution < 1.29 is 27.5 Å². The van der Waals surface area contributed by atoms with Gasteiger partial charge in [0.25, 0.3) is 10.0 Å². The minimum Gasteiger partial charge on any atom is -0.495 e. The van der Waals surface area contributed by atoms with E-state index in [1.54, 1.807) is 60.4 Å². The molecular formula is C28H31N3O6S. The molecule has 1 heterocycles. The topological polar surface area (TPSA) is 105 Å². The Hall–Kier alpha value is -4.05. The van der Waals surface area contributed by atoms with Gasteiger partial charge in [-0.25, -0.2) is 8.42 Å². The van der Waals surface area contributed by atoms with E-state index >= 15 is 0 Å². The highest BCUT2D eigenvalue weighted by molar-refractivity contribution is 7.92. The average Bonchev–Trinajstić information content (AvgIpc) is 3.32. The maximum atomic E-state index is 13.5. The van der Waals surface area contributed by atoms with Crippen LogP contribution in [0.5, 0.6) is 11.5 Å². The Kier molecular flexibility index (Phi) is 8.21. The van der Waals surface area contributed by atoms with Gasteiger partial charge in [0.1, 0.15) is 11.5 Å². The Morgan fingerprint density at radius 3 is 2.39 bits per heavy atom. The summed E-state index contributed by atoms with van der Waals surface area (Å²) < 4.78 is 39.1. The molecule has 9 nitrogen and oxygen atoms in total. The van der Waals surface area contributed by atoms with Crippen LogP contribution in [0.25, 0.3) is 0 Å². The molecule has 1 aliphatic rings. The molecule has 1 unspecified atom stereocenters. The van der Waals surface area contributed by atoms with Crippen LogP contribution in [0.1, 0.15) is 20.3 Å². The van der Waals surface area contributed by atoms with E-state index < -0.39 is 21.8 Å². The first kappa shape index (κ1) is 27.0. The van der Waals surface area contributed by atoms with E-state index in [-0.39, 0.29) is 36.0 Å². The second-order valence-electron chi connectivity index (χ2n) is 8.69. The number of carbonyl (C=O) groups is 2. The summed E-state index contributed by atoms with van der Waals surface area (Å²) in [5, 5.41) is 2.79. The van der Waals surface area contributed by atoms with E-state index in [1.165, 1.54) is 29.6 Å². The number of carbonyl (C=O) groups excluding carboxylic acids is 2. The second-order valence-corrected chi connectivity index (χ2v) is 10.6. The minimum atomic E-state index is -3.91. The molecule has 0 spiro atoms. The number of nitrogens with zero attached hydrogens (tertiary/aromatic N) is 2. The van der Waals surface area contributed by atoms with Crippen molar-refractivity contribution in [1.82, 2.24) is 0 Å². The molecule has 3 aromatic carbocycles. The Morgan fingerprint density at radius 1 is 1.05 bits per heavy atom. The molecule has 1 aliphatic heterocycles. The predicted octanol–water partition coefficient (Wildman–Crippen LogP) is 4.30. The summed E-state index contributed by atoms with van der Waals surface area (Å²) >= 11 is 0. The summed E-state index contributed by atoms with van der Waals surface area (Å²) in [6.45, 7) is 4.62. The molecule has 0 bridgehead atoms. The van der Waals surface area contributed by atoms with Crippen LogP contribution in [0.2, 0.25) is 0 Å². The van der Waals surface area contributed by atoms with Gasteiger partial charge >= 0.3 is 0 Å². The number of hydrogen-bond acceptors (Lipinski definition) is 6. The number of sulfonamides is 1. The van der Waals surface area contributed by atoms with Crippen LogP contribution in [0.3, 0.4) is 0 Å². The molecule has 38 heavy (non-hydrogen) atoms. The van der Waals surface area contributed by atoms with Gasteiger partial charge < -0.3 is 19.7 Å². The first-order valence-corrected chi connectivity index (χ1v) is 13.8. The van der Waals surface area contributed by atoms with Gasteiger partial charge in [0, 0.05) is 25.2 Å². The third-order valence-corrected chi connectivity index (χ3v) is 8.20. The number of benzene rings is 3. The minimum absolute atomic E-state index is 0.0119. The lowest BCUT2D eigenvalue weighted by molar-refractivity contribution is -0.122. The zero-order chi connectivity index (χ0) is 27.3. The molecule has 0 aromatic heterocycles. The summed E-state index contributed by atoms with van der Waals surface area (Å²) in [5.41, 5.74) is 1.44. The van der Waals surface area contributed by atoms with E-state index in [4.69, 9.17) is 9.47 Å². The van der Waals surface area contributed by atoms with Crippen molar-refractivity contribution in [1.29, 1.82) is 0 Å².